The highest BCUT2D eigenvalue weighted by Gasteiger charge is 2.12. The first-order chi connectivity index (χ1) is 12.1. The van der Waals surface area contributed by atoms with E-state index in [0.29, 0.717) is 13.0 Å². The Bertz CT molecular complexity index is 755. The summed E-state index contributed by atoms with van der Waals surface area (Å²) in [7, 11) is -3.29. The Morgan fingerprint density at radius 3 is 2.28 bits per heavy atom. The van der Waals surface area contributed by atoms with E-state index >= 15 is 0 Å². The predicted octanol–water partition coefficient (Wildman–Crippen LogP) is 2.19. The molecule has 1 heterocycles. The van der Waals surface area contributed by atoms with Gasteiger partial charge in [0, 0.05) is 25.3 Å². The quantitative estimate of drug-likeness (QED) is 0.822. The number of anilines is 1. The lowest BCUT2D eigenvalue weighted by Crippen LogP contribution is -2.36. The lowest BCUT2D eigenvalue weighted by atomic mass is 10.2. The van der Waals surface area contributed by atoms with E-state index in [9.17, 15) is 8.42 Å². The second kappa shape index (κ2) is 8.47. The van der Waals surface area contributed by atoms with Gasteiger partial charge in [-0.2, -0.15) is 0 Å². The molecule has 1 saturated heterocycles. The Balaban J connectivity index is 1.50. The Morgan fingerprint density at radius 1 is 0.920 bits per heavy atom. The van der Waals surface area contributed by atoms with Crippen LogP contribution >= 0.6 is 0 Å². The summed E-state index contributed by atoms with van der Waals surface area (Å²) < 4.78 is 32.4. The fraction of sp³-hybridized carbons (Fsp3) is 0.368. The van der Waals surface area contributed by atoms with Crippen molar-refractivity contribution in [3.05, 3.63) is 65.7 Å². The SMILES string of the molecule is O=S(=O)(CCc1ccccc1)NCc1ccc(N2CCOCC2)cc1. The second-order valence-electron chi connectivity index (χ2n) is 6.14. The number of aryl methyl sites for hydroxylation is 1. The van der Waals surface area contributed by atoms with Crippen molar-refractivity contribution in [1.82, 2.24) is 4.72 Å². The molecule has 6 heteroatoms. The number of benzene rings is 2. The van der Waals surface area contributed by atoms with Crippen molar-refractivity contribution in [2.24, 2.45) is 0 Å². The van der Waals surface area contributed by atoms with Crippen LogP contribution in [0.5, 0.6) is 0 Å². The Morgan fingerprint density at radius 2 is 1.60 bits per heavy atom. The van der Waals surface area contributed by atoms with Crippen LogP contribution in [0.1, 0.15) is 11.1 Å². The highest BCUT2D eigenvalue weighted by molar-refractivity contribution is 7.89. The summed E-state index contributed by atoms with van der Waals surface area (Å²) in [6.45, 7) is 3.61. The minimum absolute atomic E-state index is 0.100. The van der Waals surface area contributed by atoms with E-state index in [1.807, 2.05) is 54.6 Å². The van der Waals surface area contributed by atoms with Crippen LogP contribution in [0.25, 0.3) is 0 Å². The van der Waals surface area contributed by atoms with Gasteiger partial charge in [-0.3, -0.25) is 0 Å². The molecule has 1 fully saturated rings. The maximum Gasteiger partial charge on any atom is 0.212 e. The molecule has 25 heavy (non-hydrogen) atoms. The third-order valence-corrected chi connectivity index (χ3v) is 5.64. The number of hydrogen-bond donors (Lipinski definition) is 1. The first-order valence-electron chi connectivity index (χ1n) is 8.55. The van der Waals surface area contributed by atoms with Crippen molar-refractivity contribution < 1.29 is 13.2 Å². The number of nitrogens with zero attached hydrogens (tertiary/aromatic N) is 1. The molecule has 5 nitrogen and oxygen atoms in total. The van der Waals surface area contributed by atoms with Gasteiger partial charge in [-0.1, -0.05) is 42.5 Å². The molecule has 0 amide bonds. The van der Waals surface area contributed by atoms with Crippen LogP contribution in [-0.4, -0.2) is 40.5 Å². The molecular formula is C19H24N2O3S. The van der Waals surface area contributed by atoms with Gasteiger partial charge in [0.1, 0.15) is 0 Å². The number of hydrogen-bond acceptors (Lipinski definition) is 4. The molecule has 0 bridgehead atoms. The van der Waals surface area contributed by atoms with E-state index in [2.05, 4.69) is 9.62 Å². The van der Waals surface area contributed by atoms with Crippen molar-refractivity contribution in [3.63, 3.8) is 0 Å². The first kappa shape index (κ1) is 17.9. The number of rotatable bonds is 7. The lowest BCUT2D eigenvalue weighted by molar-refractivity contribution is 0.122. The molecule has 3 rings (SSSR count). The third kappa shape index (κ3) is 5.56. The van der Waals surface area contributed by atoms with Crippen molar-refractivity contribution in [3.8, 4) is 0 Å². The molecule has 0 aliphatic carbocycles. The van der Waals surface area contributed by atoms with E-state index < -0.39 is 10.0 Å². The van der Waals surface area contributed by atoms with Gasteiger partial charge in [-0.15, -0.1) is 0 Å². The number of ether oxygens (including phenoxy) is 1. The molecule has 0 atom stereocenters. The monoisotopic (exact) mass is 360 g/mol. The van der Waals surface area contributed by atoms with Crippen LogP contribution in [0.4, 0.5) is 5.69 Å². The predicted molar refractivity (Wildman–Crippen MR) is 100 cm³/mol. The van der Waals surface area contributed by atoms with E-state index in [1.165, 1.54) is 0 Å². The van der Waals surface area contributed by atoms with Gasteiger partial charge in [0.05, 0.1) is 19.0 Å². The Labute approximate surface area is 149 Å². The Kier molecular flexibility index (Phi) is 6.07. The topological polar surface area (TPSA) is 58.6 Å². The highest BCUT2D eigenvalue weighted by Crippen LogP contribution is 2.16. The van der Waals surface area contributed by atoms with Crippen LogP contribution in [0.15, 0.2) is 54.6 Å². The van der Waals surface area contributed by atoms with Gasteiger partial charge in [0.25, 0.3) is 0 Å². The van der Waals surface area contributed by atoms with Gasteiger partial charge < -0.3 is 9.64 Å². The van der Waals surface area contributed by atoms with E-state index in [-0.39, 0.29) is 5.75 Å². The van der Waals surface area contributed by atoms with Crippen LogP contribution < -0.4 is 9.62 Å². The fourth-order valence-electron chi connectivity index (χ4n) is 2.81. The summed E-state index contributed by atoms with van der Waals surface area (Å²) in [5.41, 5.74) is 3.14. The molecule has 1 N–H and O–H groups in total. The summed E-state index contributed by atoms with van der Waals surface area (Å²) in [4.78, 5) is 2.28. The van der Waals surface area contributed by atoms with Gasteiger partial charge in [-0.05, 0) is 29.7 Å². The molecule has 1 aliphatic rings. The number of nitrogens with one attached hydrogen (secondary N) is 1. The zero-order valence-corrected chi connectivity index (χ0v) is 15.0. The summed E-state index contributed by atoms with van der Waals surface area (Å²) >= 11 is 0. The third-order valence-electron chi connectivity index (χ3n) is 4.31. The molecule has 2 aromatic carbocycles. The smallest absolute Gasteiger partial charge is 0.212 e. The number of sulfonamides is 1. The molecule has 1 aliphatic heterocycles. The average Bonchev–Trinajstić information content (AvgIpc) is 2.67. The summed E-state index contributed by atoms with van der Waals surface area (Å²) in [6, 6.07) is 17.7. The van der Waals surface area contributed by atoms with Crippen molar-refractivity contribution in [2.75, 3.05) is 37.0 Å². The van der Waals surface area contributed by atoms with Gasteiger partial charge in [0.15, 0.2) is 0 Å². The molecule has 2 aromatic rings. The summed E-state index contributed by atoms with van der Waals surface area (Å²) in [5, 5.41) is 0. The maximum atomic E-state index is 12.2. The maximum absolute atomic E-state index is 12.2. The van der Waals surface area contributed by atoms with E-state index in [1.54, 1.807) is 0 Å². The van der Waals surface area contributed by atoms with Crippen molar-refractivity contribution in [2.45, 2.75) is 13.0 Å². The molecule has 0 saturated carbocycles. The highest BCUT2D eigenvalue weighted by atomic mass is 32.2. The van der Waals surface area contributed by atoms with Crippen LogP contribution in [-0.2, 0) is 27.7 Å². The minimum Gasteiger partial charge on any atom is -0.378 e. The summed E-state index contributed by atoms with van der Waals surface area (Å²) in [5.74, 6) is 0.100. The first-order valence-corrected chi connectivity index (χ1v) is 10.2. The zero-order valence-electron chi connectivity index (χ0n) is 14.2. The molecule has 0 spiro atoms. The summed E-state index contributed by atoms with van der Waals surface area (Å²) in [6.07, 6.45) is 0.520. The minimum atomic E-state index is -3.29. The second-order valence-corrected chi connectivity index (χ2v) is 8.07. The molecular weight excluding hydrogens is 336 g/mol. The zero-order chi connectivity index (χ0) is 17.5. The van der Waals surface area contributed by atoms with Gasteiger partial charge in [-0.25, -0.2) is 13.1 Å². The molecule has 134 valence electrons. The normalized spacial score (nSPS) is 15.3. The van der Waals surface area contributed by atoms with Crippen molar-refractivity contribution >= 4 is 15.7 Å². The van der Waals surface area contributed by atoms with Gasteiger partial charge >= 0.3 is 0 Å². The van der Waals surface area contributed by atoms with E-state index in [4.69, 9.17) is 4.74 Å². The lowest BCUT2D eigenvalue weighted by Gasteiger charge is -2.28. The number of morpholine rings is 1. The largest absolute Gasteiger partial charge is 0.378 e. The van der Waals surface area contributed by atoms with E-state index in [0.717, 1.165) is 43.1 Å². The molecule has 0 aromatic heterocycles. The standard InChI is InChI=1S/C19H24N2O3S/c22-25(23,15-10-17-4-2-1-3-5-17)20-16-18-6-8-19(9-7-18)21-11-13-24-14-12-21/h1-9,20H,10-16H2. The molecule has 0 unspecified atom stereocenters. The van der Waals surface area contributed by atoms with Crippen LogP contribution in [0.2, 0.25) is 0 Å². The average molecular weight is 360 g/mol. The molecule has 0 radical (unpaired) electrons. The van der Waals surface area contributed by atoms with Crippen LogP contribution in [0, 0.1) is 0 Å². The Hall–Kier alpha value is -1.89. The van der Waals surface area contributed by atoms with Gasteiger partial charge in [0.2, 0.25) is 10.0 Å². The van der Waals surface area contributed by atoms with Crippen molar-refractivity contribution in [1.29, 1.82) is 0 Å². The fourth-order valence-corrected chi connectivity index (χ4v) is 3.84. The van der Waals surface area contributed by atoms with Crippen LogP contribution in [0.3, 0.4) is 0 Å².